The number of carbonyl (C=O) groups excluding carboxylic acids is 6. The quantitative estimate of drug-likeness (QED) is 0.289. The number of amides is 1. The highest BCUT2D eigenvalue weighted by Gasteiger charge is 2.66. The number of hydrogen-bond donors (Lipinski definition) is 2. The van der Waals surface area contributed by atoms with Gasteiger partial charge in [-0.05, 0) is 6.92 Å². The molecule has 2 rings (SSSR count). The van der Waals surface area contributed by atoms with Crippen molar-refractivity contribution in [1.82, 2.24) is 5.32 Å². The Balaban J connectivity index is 2.72. The molecule has 0 aromatic rings. The van der Waals surface area contributed by atoms with E-state index in [1.807, 2.05) is 0 Å². The van der Waals surface area contributed by atoms with Crippen LogP contribution in [0.3, 0.4) is 0 Å². The van der Waals surface area contributed by atoms with Crippen molar-refractivity contribution in [2.75, 3.05) is 13.2 Å². The maximum absolute atomic E-state index is 13.1. The van der Waals surface area contributed by atoms with Crippen LogP contribution in [-0.4, -0.2) is 95.7 Å². The van der Waals surface area contributed by atoms with Crippen molar-refractivity contribution in [1.29, 1.82) is 0 Å². The molecule has 0 aliphatic carbocycles. The lowest BCUT2D eigenvalue weighted by atomic mass is 9.72. The Morgan fingerprint density at radius 3 is 2.14 bits per heavy atom. The molecule has 0 saturated carbocycles. The monoisotopic (exact) mass is 531 g/mol. The van der Waals surface area contributed by atoms with E-state index >= 15 is 0 Å². The summed E-state index contributed by atoms with van der Waals surface area (Å²) in [6.45, 7) is 6.10. The molecule has 37 heavy (non-hydrogen) atoms. The van der Waals surface area contributed by atoms with Crippen LogP contribution in [0.2, 0.25) is 0 Å². The second-order valence-electron chi connectivity index (χ2n) is 9.17. The minimum atomic E-state index is -2.13. The number of nitrogens with one attached hydrogen (secondary N) is 1. The second kappa shape index (κ2) is 11.9. The topological polar surface area (TPSA) is 190 Å². The summed E-state index contributed by atoms with van der Waals surface area (Å²) in [5.41, 5.74) is -3.99. The summed E-state index contributed by atoms with van der Waals surface area (Å²) in [5, 5.41) is 13.8. The molecule has 14 heteroatoms. The Morgan fingerprint density at radius 2 is 1.65 bits per heavy atom. The molecule has 208 valence electrons. The Morgan fingerprint density at radius 1 is 1.03 bits per heavy atom. The maximum Gasteiger partial charge on any atom is 0.341 e. The van der Waals surface area contributed by atoms with Gasteiger partial charge in [-0.25, -0.2) is 4.79 Å². The van der Waals surface area contributed by atoms with Gasteiger partial charge < -0.3 is 38.8 Å². The van der Waals surface area contributed by atoms with Gasteiger partial charge >= 0.3 is 29.8 Å². The predicted octanol–water partition coefficient (Wildman–Crippen LogP) is -0.925. The van der Waals surface area contributed by atoms with Crippen LogP contribution in [0, 0.1) is 0 Å². The fourth-order valence-electron chi connectivity index (χ4n) is 4.50. The highest BCUT2D eigenvalue weighted by Crippen LogP contribution is 2.45. The molecule has 2 aliphatic heterocycles. The van der Waals surface area contributed by atoms with Crippen LogP contribution < -0.4 is 5.32 Å². The van der Waals surface area contributed by atoms with Gasteiger partial charge in [-0.2, -0.15) is 0 Å². The average Bonchev–Trinajstić information content (AvgIpc) is 2.74. The first-order chi connectivity index (χ1) is 17.1. The molecule has 14 nitrogen and oxygen atoms in total. The summed E-state index contributed by atoms with van der Waals surface area (Å²) in [4.78, 5) is 72.8. The lowest BCUT2D eigenvalue weighted by molar-refractivity contribution is -0.290. The van der Waals surface area contributed by atoms with Crippen molar-refractivity contribution in [2.24, 2.45) is 0 Å². The van der Waals surface area contributed by atoms with Crippen molar-refractivity contribution >= 4 is 35.8 Å². The van der Waals surface area contributed by atoms with E-state index < -0.39 is 90.4 Å². The summed E-state index contributed by atoms with van der Waals surface area (Å²) in [6.07, 6.45) is -6.43. The maximum atomic E-state index is 13.1. The normalized spacial score (nSPS) is 30.8. The van der Waals surface area contributed by atoms with Crippen LogP contribution in [0.15, 0.2) is 0 Å². The number of aliphatic hydroxyl groups is 1. The van der Waals surface area contributed by atoms with Crippen LogP contribution in [0.25, 0.3) is 0 Å². The summed E-state index contributed by atoms with van der Waals surface area (Å²) in [7, 11) is 0. The van der Waals surface area contributed by atoms with E-state index in [1.54, 1.807) is 0 Å². The molecule has 0 aromatic heterocycles. The summed E-state index contributed by atoms with van der Waals surface area (Å²) >= 11 is 0. The fourth-order valence-corrected chi connectivity index (χ4v) is 4.50. The molecule has 2 aliphatic rings. The minimum absolute atomic E-state index is 0.0535. The van der Waals surface area contributed by atoms with Crippen LogP contribution in [0.5, 0.6) is 0 Å². The molecule has 2 fully saturated rings. The standard InChI is InChI=1S/C23H33NO13/c1-11(25)24-18-16(34-13(3)27)9-23(21(30)32-8-7-22(23,6)31)37-20(18)19(36-15(5)29)17(35-14(4)28)10-33-12(2)26/h16-20,31H,7-10H2,1-6H3,(H,24,25)/t16-,17+,18+,19+,20+,22?,23+/m0/s1. The minimum Gasteiger partial charge on any atom is -0.463 e. The second-order valence-corrected chi connectivity index (χ2v) is 9.17. The van der Waals surface area contributed by atoms with Gasteiger partial charge in [0.1, 0.15) is 24.4 Å². The Kier molecular flexibility index (Phi) is 9.60. The highest BCUT2D eigenvalue weighted by atomic mass is 16.6. The Labute approximate surface area is 213 Å². The number of ether oxygens (including phenoxy) is 6. The van der Waals surface area contributed by atoms with E-state index in [0.29, 0.717) is 0 Å². The third kappa shape index (κ3) is 7.16. The van der Waals surface area contributed by atoms with E-state index in [0.717, 1.165) is 27.7 Å². The van der Waals surface area contributed by atoms with Crippen LogP contribution in [0.4, 0.5) is 0 Å². The molecule has 0 bridgehead atoms. The third-order valence-electron chi connectivity index (χ3n) is 6.05. The van der Waals surface area contributed by atoms with Gasteiger partial charge in [-0.3, -0.25) is 24.0 Å². The smallest absolute Gasteiger partial charge is 0.341 e. The molecular formula is C23H33NO13. The zero-order valence-electron chi connectivity index (χ0n) is 21.6. The molecule has 1 spiro atoms. The summed E-state index contributed by atoms with van der Waals surface area (Å²) in [6, 6.07) is -1.27. The SMILES string of the molecule is CC(=O)N[C@H]1[C@H]([C@H](OC(C)=O)[C@@H](COC(C)=O)OC(C)=O)O[C@]2(C[C@@H]1OC(C)=O)C(=O)OCCC2(C)O. The molecule has 0 aromatic carbocycles. The van der Waals surface area contributed by atoms with Crippen LogP contribution in [-0.2, 0) is 57.2 Å². The summed E-state index contributed by atoms with van der Waals surface area (Å²) < 4.78 is 32.5. The molecule has 1 amide bonds. The number of rotatable bonds is 8. The molecule has 0 radical (unpaired) electrons. The number of cyclic esters (lactones) is 1. The van der Waals surface area contributed by atoms with E-state index in [2.05, 4.69) is 5.32 Å². The number of carbonyl (C=O) groups is 6. The average molecular weight is 532 g/mol. The Hall–Kier alpha value is -3.26. The molecular weight excluding hydrogens is 498 g/mol. The zero-order valence-corrected chi connectivity index (χ0v) is 21.6. The molecule has 2 heterocycles. The lowest BCUT2D eigenvalue weighted by Gasteiger charge is -2.54. The molecule has 2 N–H and O–H groups in total. The van der Waals surface area contributed by atoms with Crippen LogP contribution >= 0.6 is 0 Å². The summed E-state index contributed by atoms with van der Waals surface area (Å²) in [5.74, 6) is -4.81. The Bertz CT molecular complexity index is 932. The van der Waals surface area contributed by atoms with Crippen molar-refractivity contribution in [3.8, 4) is 0 Å². The van der Waals surface area contributed by atoms with E-state index in [1.165, 1.54) is 13.8 Å². The van der Waals surface area contributed by atoms with Gasteiger partial charge in [-0.15, -0.1) is 0 Å². The third-order valence-corrected chi connectivity index (χ3v) is 6.05. The van der Waals surface area contributed by atoms with Gasteiger partial charge in [0, 0.05) is 47.5 Å². The predicted molar refractivity (Wildman–Crippen MR) is 119 cm³/mol. The number of hydrogen-bond acceptors (Lipinski definition) is 13. The highest BCUT2D eigenvalue weighted by molar-refractivity contribution is 5.83. The van der Waals surface area contributed by atoms with Gasteiger partial charge in [0.05, 0.1) is 12.6 Å². The number of esters is 5. The molecule has 7 atom stereocenters. The van der Waals surface area contributed by atoms with Gasteiger partial charge in [-0.1, -0.05) is 0 Å². The van der Waals surface area contributed by atoms with Crippen molar-refractivity contribution in [3.05, 3.63) is 0 Å². The fraction of sp³-hybridized carbons (Fsp3) is 0.739. The first-order valence-electron chi connectivity index (χ1n) is 11.6. The largest absolute Gasteiger partial charge is 0.463 e. The van der Waals surface area contributed by atoms with Crippen molar-refractivity contribution in [3.63, 3.8) is 0 Å². The van der Waals surface area contributed by atoms with E-state index in [9.17, 15) is 33.9 Å². The van der Waals surface area contributed by atoms with Crippen molar-refractivity contribution in [2.45, 2.75) is 96.0 Å². The molecule has 1 unspecified atom stereocenters. The van der Waals surface area contributed by atoms with E-state index in [-0.39, 0.29) is 13.0 Å². The zero-order chi connectivity index (χ0) is 28.1. The van der Waals surface area contributed by atoms with Crippen molar-refractivity contribution < 1.29 is 62.3 Å². The first kappa shape index (κ1) is 30.0. The molecule has 2 saturated heterocycles. The van der Waals surface area contributed by atoms with E-state index in [4.69, 9.17) is 28.4 Å². The lowest BCUT2D eigenvalue weighted by Crippen LogP contribution is -2.74. The first-order valence-corrected chi connectivity index (χ1v) is 11.6. The van der Waals surface area contributed by atoms with Gasteiger partial charge in [0.25, 0.3) is 0 Å². The van der Waals surface area contributed by atoms with Gasteiger partial charge in [0.2, 0.25) is 5.91 Å². The van der Waals surface area contributed by atoms with Crippen LogP contribution in [0.1, 0.15) is 54.4 Å². The van der Waals surface area contributed by atoms with Gasteiger partial charge in [0.15, 0.2) is 17.8 Å².